The van der Waals surface area contributed by atoms with E-state index in [1.54, 1.807) is 13.1 Å². The second kappa shape index (κ2) is 11.9. The zero-order valence-electron chi connectivity index (χ0n) is 17.1. The molecule has 1 aromatic heterocycles. The van der Waals surface area contributed by atoms with Crippen molar-refractivity contribution >= 4 is 39.1 Å². The number of amides is 2. The molecule has 0 saturated carbocycles. The van der Waals surface area contributed by atoms with Crippen molar-refractivity contribution in [2.45, 2.75) is 20.4 Å². The van der Waals surface area contributed by atoms with E-state index in [9.17, 15) is 9.59 Å². The third kappa shape index (κ3) is 7.45. The molecule has 158 valence electrons. The van der Waals surface area contributed by atoms with Crippen molar-refractivity contribution in [2.75, 3.05) is 39.8 Å². The molecule has 2 amide bonds. The van der Waals surface area contributed by atoms with Gasteiger partial charge in [0, 0.05) is 25.7 Å². The largest absolute Gasteiger partial charge is 0.492 e. The molecular weight excluding hydrogens is 454 g/mol. The summed E-state index contributed by atoms with van der Waals surface area (Å²) < 4.78 is 6.81. The number of carbonyl (C=O) groups excluding carboxylic acids is 2. The van der Waals surface area contributed by atoms with Gasteiger partial charge < -0.3 is 19.9 Å². The van der Waals surface area contributed by atoms with Gasteiger partial charge in [-0.05, 0) is 47.2 Å². The van der Waals surface area contributed by atoms with Crippen molar-refractivity contribution in [3.63, 3.8) is 0 Å². The number of rotatable bonds is 11. The maximum absolute atomic E-state index is 12.4. The fraction of sp³-hybridized carbons (Fsp3) is 0.429. The topological polar surface area (TPSA) is 61.9 Å². The highest BCUT2D eigenvalue weighted by atomic mass is 79.9. The number of benzene rings is 1. The summed E-state index contributed by atoms with van der Waals surface area (Å²) in [4.78, 5) is 29.0. The van der Waals surface area contributed by atoms with E-state index in [1.807, 2.05) is 30.3 Å². The number of hydrogen-bond acceptors (Lipinski definition) is 5. The molecular formula is C21H28BrN3O3S. The number of para-hydroxylation sites is 1. The number of ether oxygens (including phenoxy) is 1. The quantitative estimate of drug-likeness (QED) is 0.532. The normalized spacial score (nSPS) is 10.8. The fourth-order valence-electron chi connectivity index (χ4n) is 2.77. The van der Waals surface area contributed by atoms with Crippen LogP contribution in [0.15, 0.2) is 40.2 Å². The molecule has 1 aromatic carbocycles. The van der Waals surface area contributed by atoms with Crippen LogP contribution in [-0.2, 0) is 11.3 Å². The second-order valence-corrected chi connectivity index (χ2v) is 8.99. The molecule has 0 aliphatic heterocycles. The average Bonchev–Trinajstić information content (AvgIpc) is 3.16. The van der Waals surface area contributed by atoms with Gasteiger partial charge in [-0.3, -0.25) is 9.59 Å². The number of nitrogens with zero attached hydrogens (tertiary/aromatic N) is 2. The van der Waals surface area contributed by atoms with Crippen LogP contribution in [0.4, 0.5) is 0 Å². The first-order chi connectivity index (χ1) is 13.9. The predicted octanol–water partition coefficient (Wildman–Crippen LogP) is 3.62. The summed E-state index contributed by atoms with van der Waals surface area (Å²) in [5.74, 6) is 0.387. The van der Waals surface area contributed by atoms with Crippen LogP contribution in [0.1, 0.15) is 29.1 Å². The molecule has 0 saturated heterocycles. The average molecular weight is 482 g/mol. The van der Waals surface area contributed by atoms with E-state index in [0.29, 0.717) is 18.0 Å². The molecule has 0 fully saturated rings. The fourth-order valence-corrected chi connectivity index (χ4v) is 4.15. The van der Waals surface area contributed by atoms with Crippen molar-refractivity contribution in [2.24, 2.45) is 0 Å². The van der Waals surface area contributed by atoms with E-state index >= 15 is 0 Å². The van der Waals surface area contributed by atoms with Gasteiger partial charge in [0.25, 0.3) is 5.91 Å². The lowest BCUT2D eigenvalue weighted by molar-refractivity contribution is -0.121. The Morgan fingerprint density at radius 3 is 2.52 bits per heavy atom. The second-order valence-electron chi connectivity index (χ2n) is 6.52. The van der Waals surface area contributed by atoms with Crippen molar-refractivity contribution in [3.8, 4) is 5.75 Å². The number of carbonyl (C=O) groups is 2. The predicted molar refractivity (Wildman–Crippen MR) is 121 cm³/mol. The van der Waals surface area contributed by atoms with Gasteiger partial charge in [-0.25, -0.2) is 0 Å². The van der Waals surface area contributed by atoms with Crippen molar-refractivity contribution in [1.29, 1.82) is 0 Å². The number of thiophene rings is 1. The number of hydrogen-bond donors (Lipinski definition) is 1. The lowest BCUT2D eigenvalue weighted by Gasteiger charge is -2.19. The smallest absolute Gasteiger partial charge is 0.264 e. The summed E-state index contributed by atoms with van der Waals surface area (Å²) in [6.45, 7) is 8.06. The molecule has 0 atom stereocenters. The maximum Gasteiger partial charge on any atom is 0.264 e. The number of likely N-dealkylation sites (N-methyl/N-ethyl adjacent to an activating group) is 2. The number of halogens is 1. The number of nitrogens with one attached hydrogen (secondary N) is 1. The van der Waals surface area contributed by atoms with Crippen LogP contribution in [0, 0.1) is 0 Å². The molecule has 0 bridgehead atoms. The SMILES string of the molecule is CCN(CC)CCOc1ccccc1CNC(=O)CN(C)C(=O)c1ccc(Br)s1. The van der Waals surface area contributed by atoms with Gasteiger partial charge in [0.1, 0.15) is 12.4 Å². The Hall–Kier alpha value is -1.90. The molecule has 0 aliphatic rings. The Kier molecular flexibility index (Phi) is 9.63. The Balaban J connectivity index is 1.84. The lowest BCUT2D eigenvalue weighted by Crippen LogP contribution is -2.37. The minimum absolute atomic E-state index is 0.000658. The summed E-state index contributed by atoms with van der Waals surface area (Å²) in [5, 5.41) is 2.87. The Morgan fingerprint density at radius 2 is 1.86 bits per heavy atom. The van der Waals surface area contributed by atoms with Gasteiger partial charge in [0.2, 0.25) is 5.91 Å². The Morgan fingerprint density at radius 1 is 1.14 bits per heavy atom. The third-order valence-corrected chi connectivity index (χ3v) is 6.13. The lowest BCUT2D eigenvalue weighted by atomic mass is 10.2. The highest BCUT2D eigenvalue weighted by molar-refractivity contribution is 9.11. The molecule has 2 aromatic rings. The summed E-state index contributed by atoms with van der Waals surface area (Å²) in [6, 6.07) is 11.3. The van der Waals surface area contributed by atoms with Gasteiger partial charge >= 0.3 is 0 Å². The van der Waals surface area contributed by atoms with E-state index < -0.39 is 0 Å². The molecule has 1 heterocycles. The third-order valence-electron chi connectivity index (χ3n) is 4.52. The summed E-state index contributed by atoms with van der Waals surface area (Å²) in [5.41, 5.74) is 0.913. The van der Waals surface area contributed by atoms with E-state index in [2.05, 4.69) is 40.0 Å². The minimum Gasteiger partial charge on any atom is -0.492 e. The van der Waals surface area contributed by atoms with E-state index in [1.165, 1.54) is 16.2 Å². The first-order valence-electron chi connectivity index (χ1n) is 9.65. The Labute approximate surface area is 185 Å². The van der Waals surface area contributed by atoms with E-state index in [4.69, 9.17) is 4.74 Å². The zero-order chi connectivity index (χ0) is 21.2. The first-order valence-corrected chi connectivity index (χ1v) is 11.3. The van der Waals surface area contributed by atoms with Crippen LogP contribution in [-0.4, -0.2) is 61.4 Å². The Bertz CT molecular complexity index is 808. The molecule has 29 heavy (non-hydrogen) atoms. The van der Waals surface area contributed by atoms with Crippen LogP contribution < -0.4 is 10.1 Å². The van der Waals surface area contributed by atoms with E-state index in [-0.39, 0.29) is 18.4 Å². The highest BCUT2D eigenvalue weighted by Gasteiger charge is 2.17. The van der Waals surface area contributed by atoms with Crippen molar-refractivity contribution in [3.05, 3.63) is 50.6 Å². The van der Waals surface area contributed by atoms with Crippen molar-refractivity contribution < 1.29 is 14.3 Å². The van der Waals surface area contributed by atoms with Crippen LogP contribution in [0.3, 0.4) is 0 Å². The maximum atomic E-state index is 12.4. The van der Waals surface area contributed by atoms with Gasteiger partial charge in [0.05, 0.1) is 15.2 Å². The summed E-state index contributed by atoms with van der Waals surface area (Å²) in [7, 11) is 1.62. The molecule has 0 radical (unpaired) electrons. The molecule has 0 spiro atoms. The van der Waals surface area contributed by atoms with Crippen LogP contribution in [0.2, 0.25) is 0 Å². The molecule has 0 aliphatic carbocycles. The molecule has 6 nitrogen and oxygen atoms in total. The van der Waals surface area contributed by atoms with Crippen LogP contribution >= 0.6 is 27.3 Å². The van der Waals surface area contributed by atoms with Crippen molar-refractivity contribution in [1.82, 2.24) is 15.1 Å². The summed E-state index contributed by atoms with van der Waals surface area (Å²) >= 11 is 4.70. The minimum atomic E-state index is -0.214. The highest BCUT2D eigenvalue weighted by Crippen LogP contribution is 2.23. The molecule has 0 unspecified atom stereocenters. The first kappa shape index (κ1) is 23.4. The van der Waals surface area contributed by atoms with E-state index in [0.717, 1.165) is 34.7 Å². The van der Waals surface area contributed by atoms with Crippen LogP contribution in [0.25, 0.3) is 0 Å². The summed E-state index contributed by atoms with van der Waals surface area (Å²) in [6.07, 6.45) is 0. The van der Waals surface area contributed by atoms with Gasteiger partial charge in [-0.15, -0.1) is 11.3 Å². The van der Waals surface area contributed by atoms with Gasteiger partial charge in [-0.2, -0.15) is 0 Å². The standard InChI is InChI=1S/C21H28BrN3O3S/c1-4-25(5-2)12-13-28-17-9-7-6-8-16(17)14-23-20(26)15-24(3)21(27)18-10-11-19(22)29-18/h6-11H,4-5,12-15H2,1-3H3,(H,23,26). The monoisotopic (exact) mass is 481 g/mol. The molecule has 2 rings (SSSR count). The molecule has 1 N–H and O–H groups in total. The van der Waals surface area contributed by atoms with Gasteiger partial charge in [-0.1, -0.05) is 32.0 Å². The van der Waals surface area contributed by atoms with Crippen LogP contribution in [0.5, 0.6) is 5.75 Å². The molecule has 8 heteroatoms. The zero-order valence-corrected chi connectivity index (χ0v) is 19.5. The van der Waals surface area contributed by atoms with Gasteiger partial charge in [0.15, 0.2) is 0 Å².